The van der Waals surface area contributed by atoms with Gasteiger partial charge in [0.1, 0.15) is 18.3 Å². The number of benzene rings is 3. The van der Waals surface area contributed by atoms with E-state index in [0.717, 1.165) is 42.0 Å². The molecule has 0 aromatic heterocycles. The topological polar surface area (TPSA) is 96.0 Å². The minimum Gasteiger partial charge on any atom is -0.497 e. The number of hydrogen-bond acceptors (Lipinski definition) is 5. The van der Waals surface area contributed by atoms with Gasteiger partial charge in [0.25, 0.3) is 10.0 Å². The minimum atomic E-state index is -4.17. The fraction of sp³-hybridized carbons (Fsp3) is 0.375. The second kappa shape index (κ2) is 14.1. The molecule has 2 amide bonds. The zero-order valence-electron chi connectivity index (χ0n) is 24.3. The number of amides is 2. The Morgan fingerprint density at radius 1 is 1.00 bits per heavy atom. The first-order valence-corrected chi connectivity index (χ1v) is 16.0. The smallest absolute Gasteiger partial charge is 0.264 e. The molecule has 1 saturated carbocycles. The van der Waals surface area contributed by atoms with Crippen molar-refractivity contribution < 1.29 is 22.7 Å². The molecule has 0 spiro atoms. The molecule has 10 heteroatoms. The Morgan fingerprint density at radius 2 is 1.69 bits per heavy atom. The number of nitrogens with one attached hydrogen (secondary N) is 1. The summed E-state index contributed by atoms with van der Waals surface area (Å²) in [5, 5.41) is 3.55. The molecule has 1 atom stereocenters. The fourth-order valence-electron chi connectivity index (χ4n) is 5.09. The van der Waals surface area contributed by atoms with Gasteiger partial charge in [0, 0.05) is 23.7 Å². The van der Waals surface area contributed by atoms with E-state index in [1.54, 1.807) is 67.6 Å². The van der Waals surface area contributed by atoms with Crippen LogP contribution in [-0.2, 0) is 26.2 Å². The van der Waals surface area contributed by atoms with Gasteiger partial charge in [-0.3, -0.25) is 13.9 Å². The van der Waals surface area contributed by atoms with Gasteiger partial charge in [-0.05, 0) is 62.6 Å². The first-order chi connectivity index (χ1) is 20.1. The molecule has 1 aliphatic rings. The standard InChI is InChI=1S/C32H38ClN3O5S/c1-23-16-18-29(19-17-23)42(39,40)36(27-13-9-14-28(20-27)41-3)22-31(37)35(21-25-10-7-8-15-30(25)33)24(2)32(38)34-26-11-5-4-6-12-26/h7-10,13-20,24,26H,4-6,11-12,21-22H2,1-3H3,(H,34,38)/t24-/m0/s1. The van der Waals surface area contributed by atoms with E-state index in [2.05, 4.69) is 5.32 Å². The largest absolute Gasteiger partial charge is 0.497 e. The summed E-state index contributed by atoms with van der Waals surface area (Å²) in [7, 11) is -2.68. The number of sulfonamides is 1. The summed E-state index contributed by atoms with van der Waals surface area (Å²) in [4.78, 5) is 29.0. The van der Waals surface area contributed by atoms with Crippen molar-refractivity contribution in [3.8, 4) is 5.75 Å². The Labute approximate surface area is 253 Å². The van der Waals surface area contributed by atoms with Crippen LogP contribution in [0.15, 0.2) is 77.7 Å². The maximum atomic E-state index is 14.1. The van der Waals surface area contributed by atoms with Crippen LogP contribution in [0, 0.1) is 6.92 Å². The molecule has 1 N–H and O–H groups in total. The van der Waals surface area contributed by atoms with Gasteiger partial charge in [-0.1, -0.05) is 72.8 Å². The Balaban J connectivity index is 1.70. The maximum Gasteiger partial charge on any atom is 0.264 e. The molecule has 1 fully saturated rings. The molecule has 224 valence electrons. The zero-order valence-corrected chi connectivity index (χ0v) is 25.8. The van der Waals surface area contributed by atoms with E-state index in [-0.39, 0.29) is 29.1 Å². The number of carbonyl (C=O) groups excluding carboxylic acids is 2. The highest BCUT2D eigenvalue weighted by atomic mass is 35.5. The number of rotatable bonds is 11. The van der Waals surface area contributed by atoms with Gasteiger partial charge in [-0.25, -0.2) is 8.42 Å². The lowest BCUT2D eigenvalue weighted by Crippen LogP contribution is -2.53. The molecule has 1 aliphatic carbocycles. The Hall–Kier alpha value is -3.56. The van der Waals surface area contributed by atoms with Gasteiger partial charge in [0.15, 0.2) is 0 Å². The molecule has 3 aromatic rings. The second-order valence-corrected chi connectivity index (χ2v) is 12.9. The van der Waals surface area contributed by atoms with Gasteiger partial charge in [0.2, 0.25) is 11.8 Å². The second-order valence-electron chi connectivity index (χ2n) is 10.7. The van der Waals surface area contributed by atoms with Crippen molar-refractivity contribution >= 4 is 39.1 Å². The van der Waals surface area contributed by atoms with Crippen LogP contribution in [0.4, 0.5) is 5.69 Å². The van der Waals surface area contributed by atoms with Crippen molar-refractivity contribution in [3.63, 3.8) is 0 Å². The van der Waals surface area contributed by atoms with Crippen molar-refractivity contribution in [2.45, 2.75) is 69.5 Å². The van der Waals surface area contributed by atoms with E-state index < -0.39 is 28.5 Å². The van der Waals surface area contributed by atoms with E-state index in [0.29, 0.717) is 16.3 Å². The monoisotopic (exact) mass is 611 g/mol. The SMILES string of the molecule is COc1cccc(N(CC(=O)N(Cc2ccccc2Cl)[C@@H](C)C(=O)NC2CCCCC2)S(=O)(=O)c2ccc(C)cc2)c1. The molecule has 3 aromatic carbocycles. The number of halogens is 1. The number of aryl methyl sites for hydroxylation is 1. The lowest BCUT2D eigenvalue weighted by molar-refractivity contribution is -0.139. The number of nitrogens with zero attached hydrogens (tertiary/aromatic N) is 2. The van der Waals surface area contributed by atoms with E-state index in [9.17, 15) is 18.0 Å². The average Bonchev–Trinajstić information content (AvgIpc) is 2.99. The Kier molecular flexibility index (Phi) is 10.5. The van der Waals surface area contributed by atoms with E-state index >= 15 is 0 Å². The lowest BCUT2D eigenvalue weighted by Gasteiger charge is -2.33. The van der Waals surface area contributed by atoms with Crippen LogP contribution >= 0.6 is 11.6 Å². The molecule has 0 aliphatic heterocycles. The van der Waals surface area contributed by atoms with Crippen molar-refractivity contribution in [1.82, 2.24) is 10.2 Å². The molecule has 0 bridgehead atoms. The first kappa shape index (κ1) is 31.4. The van der Waals surface area contributed by atoms with E-state index in [1.165, 1.54) is 24.1 Å². The predicted octanol–water partition coefficient (Wildman–Crippen LogP) is 5.72. The minimum absolute atomic E-state index is 0.0360. The highest BCUT2D eigenvalue weighted by Gasteiger charge is 2.33. The summed E-state index contributed by atoms with van der Waals surface area (Å²) < 4.78 is 34.4. The van der Waals surface area contributed by atoms with Gasteiger partial charge in [-0.15, -0.1) is 0 Å². The van der Waals surface area contributed by atoms with Crippen LogP contribution in [0.3, 0.4) is 0 Å². The number of hydrogen-bond donors (Lipinski definition) is 1. The van der Waals surface area contributed by atoms with Gasteiger partial charge in [-0.2, -0.15) is 0 Å². The molecule has 0 heterocycles. The first-order valence-electron chi connectivity index (χ1n) is 14.2. The fourth-order valence-corrected chi connectivity index (χ4v) is 6.69. The van der Waals surface area contributed by atoms with Crippen molar-refractivity contribution in [2.24, 2.45) is 0 Å². The zero-order chi connectivity index (χ0) is 30.3. The maximum absolute atomic E-state index is 14.1. The molecule has 42 heavy (non-hydrogen) atoms. The van der Waals surface area contributed by atoms with Crippen LogP contribution in [0.1, 0.15) is 50.2 Å². The summed E-state index contributed by atoms with van der Waals surface area (Å²) >= 11 is 6.45. The molecule has 0 radical (unpaired) electrons. The Bertz CT molecular complexity index is 1490. The Morgan fingerprint density at radius 3 is 2.36 bits per heavy atom. The average molecular weight is 612 g/mol. The van der Waals surface area contributed by atoms with Crippen LogP contribution in [0.25, 0.3) is 0 Å². The van der Waals surface area contributed by atoms with Gasteiger partial charge < -0.3 is 15.0 Å². The summed E-state index contributed by atoms with van der Waals surface area (Å²) in [5.74, 6) is -0.381. The van der Waals surface area contributed by atoms with Gasteiger partial charge >= 0.3 is 0 Å². The third-order valence-corrected chi connectivity index (χ3v) is 9.80. The molecule has 8 nitrogen and oxygen atoms in total. The molecule has 4 rings (SSSR count). The summed E-state index contributed by atoms with van der Waals surface area (Å²) in [6.45, 7) is 3.03. The normalized spacial score (nSPS) is 14.6. The highest BCUT2D eigenvalue weighted by Crippen LogP contribution is 2.28. The van der Waals surface area contributed by atoms with Crippen molar-refractivity contribution in [2.75, 3.05) is 18.0 Å². The van der Waals surface area contributed by atoms with Crippen LogP contribution in [0.5, 0.6) is 5.75 Å². The van der Waals surface area contributed by atoms with Crippen molar-refractivity contribution in [1.29, 1.82) is 0 Å². The summed E-state index contributed by atoms with van der Waals surface area (Å²) in [5.41, 5.74) is 1.82. The lowest BCUT2D eigenvalue weighted by atomic mass is 9.95. The highest BCUT2D eigenvalue weighted by molar-refractivity contribution is 7.92. The number of ether oxygens (including phenoxy) is 1. The molecular weight excluding hydrogens is 574 g/mol. The number of anilines is 1. The van der Waals surface area contributed by atoms with Crippen molar-refractivity contribution in [3.05, 3.63) is 88.9 Å². The molecule has 0 unspecified atom stereocenters. The third kappa shape index (κ3) is 7.63. The molecular formula is C32H38ClN3O5S. The van der Waals surface area contributed by atoms with Crippen LogP contribution in [-0.4, -0.2) is 50.9 Å². The predicted molar refractivity (Wildman–Crippen MR) is 165 cm³/mol. The summed E-state index contributed by atoms with van der Waals surface area (Å²) in [6.07, 6.45) is 5.04. The van der Waals surface area contributed by atoms with Gasteiger partial charge in [0.05, 0.1) is 17.7 Å². The van der Waals surface area contributed by atoms with E-state index in [1.807, 2.05) is 6.92 Å². The molecule has 0 saturated heterocycles. The van der Waals surface area contributed by atoms with Crippen LogP contribution < -0.4 is 14.4 Å². The quantitative estimate of drug-likeness (QED) is 0.299. The number of methoxy groups -OCH3 is 1. The van der Waals surface area contributed by atoms with Crippen LogP contribution in [0.2, 0.25) is 5.02 Å². The summed E-state index contributed by atoms with van der Waals surface area (Å²) in [6, 6.07) is 19.3. The third-order valence-electron chi connectivity index (χ3n) is 7.65. The number of carbonyl (C=O) groups is 2. The van der Waals surface area contributed by atoms with E-state index in [4.69, 9.17) is 16.3 Å².